The van der Waals surface area contributed by atoms with Gasteiger partial charge < -0.3 is 16.0 Å². The molecular weight excluding hydrogens is 315 g/mol. The van der Waals surface area contributed by atoms with E-state index in [1.807, 2.05) is 19.1 Å². The maximum atomic E-state index is 13.9. The number of aryl methyl sites for hydroxylation is 1. The number of rotatable bonds is 5. The van der Waals surface area contributed by atoms with Gasteiger partial charge in [-0.1, -0.05) is 23.7 Å². The summed E-state index contributed by atoms with van der Waals surface area (Å²) in [5, 5.41) is 10.4. The number of anilines is 2. The first-order valence-corrected chi connectivity index (χ1v) is 8.12. The third-order valence-electron chi connectivity index (χ3n) is 4.05. The van der Waals surface area contributed by atoms with E-state index in [2.05, 4.69) is 20.9 Å². The summed E-state index contributed by atoms with van der Waals surface area (Å²) >= 11 is 6.02. The topological polar surface area (TPSA) is 49.0 Å². The third-order valence-corrected chi connectivity index (χ3v) is 4.26. The fraction of sp³-hybridized carbons (Fsp3) is 0.353. The minimum absolute atomic E-state index is 0.249. The molecule has 1 aliphatic rings. The minimum Gasteiger partial charge on any atom is -0.381 e. The number of halogens is 2. The largest absolute Gasteiger partial charge is 0.381 e. The molecule has 1 saturated heterocycles. The number of nitrogens with one attached hydrogen (secondary N) is 3. The lowest BCUT2D eigenvalue weighted by atomic mass is 10.1. The smallest absolute Gasteiger partial charge is 0.146 e. The molecule has 0 amide bonds. The highest BCUT2D eigenvalue weighted by Gasteiger charge is 2.16. The van der Waals surface area contributed by atoms with Crippen molar-refractivity contribution < 1.29 is 4.39 Å². The molecule has 6 heteroatoms. The van der Waals surface area contributed by atoms with Crippen molar-refractivity contribution in [2.24, 2.45) is 0 Å². The van der Waals surface area contributed by atoms with Crippen LogP contribution >= 0.6 is 11.6 Å². The summed E-state index contributed by atoms with van der Waals surface area (Å²) in [6, 6.07) is 7.25. The Hall–Kier alpha value is -1.85. The summed E-state index contributed by atoms with van der Waals surface area (Å²) in [5.74, 6) is -0.249. The first-order chi connectivity index (χ1) is 11.1. The van der Waals surface area contributed by atoms with Crippen LogP contribution in [-0.2, 0) is 6.54 Å². The second-order valence-corrected chi connectivity index (χ2v) is 6.17. The average Bonchev–Trinajstić information content (AvgIpc) is 3.01. The Labute approximate surface area is 140 Å². The van der Waals surface area contributed by atoms with Crippen LogP contribution in [0.3, 0.4) is 0 Å². The molecule has 1 aliphatic heterocycles. The van der Waals surface area contributed by atoms with Crippen molar-refractivity contribution in [3.63, 3.8) is 0 Å². The maximum Gasteiger partial charge on any atom is 0.146 e. The summed E-state index contributed by atoms with van der Waals surface area (Å²) in [7, 11) is 0. The number of pyridine rings is 1. The molecule has 1 aromatic heterocycles. The summed E-state index contributed by atoms with van der Waals surface area (Å²) in [6.07, 6.45) is 2.80. The zero-order valence-electron chi connectivity index (χ0n) is 13.0. The van der Waals surface area contributed by atoms with Gasteiger partial charge in [0.1, 0.15) is 11.0 Å². The van der Waals surface area contributed by atoms with Gasteiger partial charge in [-0.25, -0.2) is 9.37 Å². The van der Waals surface area contributed by atoms with Crippen LogP contribution in [0.25, 0.3) is 0 Å². The van der Waals surface area contributed by atoms with E-state index in [1.54, 1.807) is 12.3 Å². The van der Waals surface area contributed by atoms with E-state index in [-0.39, 0.29) is 5.82 Å². The number of benzene rings is 1. The van der Waals surface area contributed by atoms with Gasteiger partial charge >= 0.3 is 0 Å². The van der Waals surface area contributed by atoms with Crippen LogP contribution in [-0.4, -0.2) is 24.1 Å². The number of hydrogen-bond donors (Lipinski definition) is 3. The number of hydrogen-bond acceptors (Lipinski definition) is 4. The molecule has 0 bridgehead atoms. The van der Waals surface area contributed by atoms with Gasteiger partial charge in [-0.3, -0.25) is 0 Å². The lowest BCUT2D eigenvalue weighted by molar-refractivity contribution is 0.629. The van der Waals surface area contributed by atoms with Crippen molar-refractivity contribution in [1.82, 2.24) is 10.3 Å². The molecule has 0 unspecified atom stereocenters. The van der Waals surface area contributed by atoms with E-state index in [0.29, 0.717) is 23.4 Å². The number of para-hydroxylation sites is 1. The Morgan fingerprint density at radius 3 is 3.04 bits per heavy atom. The Bertz CT molecular complexity index is 666. The van der Waals surface area contributed by atoms with Gasteiger partial charge in [-0.15, -0.1) is 0 Å². The third kappa shape index (κ3) is 3.92. The average molecular weight is 335 g/mol. The van der Waals surface area contributed by atoms with E-state index in [0.717, 1.165) is 36.3 Å². The normalized spacial score (nSPS) is 17.3. The highest BCUT2D eigenvalue weighted by Crippen LogP contribution is 2.24. The summed E-state index contributed by atoms with van der Waals surface area (Å²) in [5.41, 5.74) is 3.31. The highest BCUT2D eigenvalue weighted by atomic mass is 35.5. The lowest BCUT2D eigenvalue weighted by Gasteiger charge is -2.18. The molecule has 0 saturated carbocycles. The molecule has 122 valence electrons. The summed E-state index contributed by atoms with van der Waals surface area (Å²) < 4.78 is 13.9. The highest BCUT2D eigenvalue weighted by molar-refractivity contribution is 6.29. The molecule has 1 atom stereocenters. The SMILES string of the molecule is Cc1cccc(F)c1NCc1cnc(Cl)cc1N[C@H]1CCNC1. The van der Waals surface area contributed by atoms with Gasteiger partial charge in [0, 0.05) is 36.6 Å². The van der Waals surface area contributed by atoms with Gasteiger partial charge in [0.15, 0.2) is 0 Å². The van der Waals surface area contributed by atoms with Crippen molar-refractivity contribution in [3.05, 3.63) is 52.6 Å². The molecule has 0 radical (unpaired) electrons. The Balaban J connectivity index is 1.76. The van der Waals surface area contributed by atoms with Crippen LogP contribution in [0.4, 0.5) is 15.8 Å². The van der Waals surface area contributed by atoms with Crippen LogP contribution < -0.4 is 16.0 Å². The predicted octanol–water partition coefficient (Wildman–Crippen LogP) is 3.57. The van der Waals surface area contributed by atoms with Crippen LogP contribution in [0.5, 0.6) is 0 Å². The first-order valence-electron chi connectivity index (χ1n) is 7.74. The van der Waals surface area contributed by atoms with Gasteiger partial charge in [-0.2, -0.15) is 0 Å². The molecule has 0 aliphatic carbocycles. The van der Waals surface area contributed by atoms with E-state index >= 15 is 0 Å². The van der Waals surface area contributed by atoms with E-state index in [9.17, 15) is 4.39 Å². The lowest BCUT2D eigenvalue weighted by Crippen LogP contribution is -2.23. The van der Waals surface area contributed by atoms with Crippen LogP contribution in [0.1, 0.15) is 17.5 Å². The zero-order chi connectivity index (χ0) is 16.2. The molecule has 1 fully saturated rings. The molecule has 1 aromatic carbocycles. The number of aromatic nitrogens is 1. The second-order valence-electron chi connectivity index (χ2n) is 5.78. The molecule has 2 heterocycles. The van der Waals surface area contributed by atoms with Crippen LogP contribution in [0.2, 0.25) is 5.15 Å². The van der Waals surface area contributed by atoms with Crippen molar-refractivity contribution in [1.29, 1.82) is 0 Å². The predicted molar refractivity (Wildman–Crippen MR) is 92.6 cm³/mol. The summed E-state index contributed by atoms with van der Waals surface area (Å²) in [6.45, 7) is 4.31. The molecule has 0 spiro atoms. The van der Waals surface area contributed by atoms with Gasteiger partial charge in [0.05, 0.1) is 5.69 Å². The number of nitrogens with zero attached hydrogens (tertiary/aromatic N) is 1. The van der Waals surface area contributed by atoms with Crippen LogP contribution in [0, 0.1) is 12.7 Å². The van der Waals surface area contributed by atoms with Crippen molar-refractivity contribution in [2.45, 2.75) is 25.9 Å². The Kier molecular flexibility index (Phi) is 4.98. The monoisotopic (exact) mass is 334 g/mol. The zero-order valence-corrected chi connectivity index (χ0v) is 13.8. The summed E-state index contributed by atoms with van der Waals surface area (Å²) in [4.78, 5) is 4.15. The minimum atomic E-state index is -0.249. The Morgan fingerprint density at radius 1 is 1.43 bits per heavy atom. The van der Waals surface area contributed by atoms with Gasteiger partial charge in [0.2, 0.25) is 0 Å². The Morgan fingerprint density at radius 2 is 2.30 bits per heavy atom. The molecule has 3 N–H and O–H groups in total. The van der Waals surface area contributed by atoms with Gasteiger partial charge in [-0.05, 0) is 37.6 Å². The van der Waals surface area contributed by atoms with E-state index < -0.39 is 0 Å². The molecule has 2 aromatic rings. The molecule has 3 rings (SSSR count). The van der Waals surface area contributed by atoms with E-state index in [1.165, 1.54) is 6.07 Å². The van der Waals surface area contributed by atoms with E-state index in [4.69, 9.17) is 11.6 Å². The van der Waals surface area contributed by atoms with Crippen molar-refractivity contribution in [2.75, 3.05) is 23.7 Å². The quantitative estimate of drug-likeness (QED) is 0.732. The second kappa shape index (κ2) is 7.15. The van der Waals surface area contributed by atoms with Crippen LogP contribution in [0.15, 0.2) is 30.5 Å². The molecule has 23 heavy (non-hydrogen) atoms. The fourth-order valence-corrected chi connectivity index (χ4v) is 2.93. The standard InChI is InChI=1S/C17H20ClFN4/c1-11-3-2-4-14(19)17(11)22-9-12-8-21-16(18)7-15(12)23-13-5-6-20-10-13/h2-4,7-8,13,20,22H,5-6,9-10H2,1H3,(H,21,23)/t13-/m0/s1. The maximum absolute atomic E-state index is 13.9. The van der Waals surface area contributed by atoms with Gasteiger partial charge in [0.25, 0.3) is 0 Å². The molecular formula is C17H20ClFN4. The van der Waals surface area contributed by atoms with Crippen molar-refractivity contribution >= 4 is 23.0 Å². The fourth-order valence-electron chi connectivity index (χ4n) is 2.77. The molecule has 4 nitrogen and oxygen atoms in total. The van der Waals surface area contributed by atoms with Crippen molar-refractivity contribution in [3.8, 4) is 0 Å². The first kappa shape index (κ1) is 16.0.